The van der Waals surface area contributed by atoms with E-state index >= 15 is 0 Å². The van der Waals surface area contributed by atoms with Crippen LogP contribution in [0.5, 0.6) is 0 Å². The minimum Gasteiger partial charge on any atom is -0.311 e. The fourth-order valence-electron chi connectivity index (χ4n) is 12.6. The molecule has 0 radical (unpaired) electrons. The lowest BCUT2D eigenvalue weighted by atomic mass is 9.32. The Labute approximate surface area is 438 Å². The first-order valence-electron chi connectivity index (χ1n) is 27.1. The molecule has 2 heterocycles. The molecule has 0 N–H and O–H groups in total. The molecule has 0 saturated heterocycles. The van der Waals surface area contributed by atoms with Crippen LogP contribution < -0.4 is 26.2 Å². The van der Waals surface area contributed by atoms with Crippen LogP contribution in [0.1, 0.15) is 155 Å². The zero-order valence-electron chi connectivity index (χ0n) is 46.1. The van der Waals surface area contributed by atoms with Crippen molar-refractivity contribution in [1.29, 1.82) is 0 Å². The zero-order valence-corrected chi connectivity index (χ0v) is 46.1. The molecule has 0 spiro atoms. The lowest BCUT2D eigenvalue weighted by Crippen LogP contribution is -2.62. The van der Waals surface area contributed by atoms with Crippen molar-refractivity contribution in [3.63, 3.8) is 0 Å². The first-order valence-corrected chi connectivity index (χ1v) is 27.1. The minimum atomic E-state index is -0.237. The lowest BCUT2D eigenvalue weighted by Gasteiger charge is -2.48. The quantitative estimate of drug-likeness (QED) is 0.147. The second kappa shape index (κ2) is 17.3. The molecule has 8 aromatic rings. The number of rotatable bonds is 7. The number of hydrogen-bond donors (Lipinski definition) is 0. The predicted molar refractivity (Wildman–Crippen MR) is 317 cm³/mol. The van der Waals surface area contributed by atoms with Gasteiger partial charge >= 0.3 is 0 Å². The third-order valence-electron chi connectivity index (χ3n) is 17.3. The standard InChI is InChI=1S/C70H75BN2/c1-45(2)48-38-63-65-64(39-48)73(61-42-53(46-24-18-15-19-25-46)55(67(6,7)8)41-54(61)47-26-20-16-21-27-47)62-44-57-56(68(9,10)36-37-69(57,11)12)43-59(62)71(65)58-40-51(70(13,14)50-28-22-17-23-29-50)32-35-60(58)72(63)52-33-30-49(31-34-52)66(3,4)5/h15-35,38-45H,36-37H2,1-14H3. The second-order valence-corrected chi connectivity index (χ2v) is 25.9. The van der Waals surface area contributed by atoms with Crippen molar-refractivity contribution in [2.75, 3.05) is 9.80 Å². The molecule has 0 fully saturated rings. The van der Waals surface area contributed by atoms with Crippen LogP contribution in [-0.2, 0) is 27.1 Å². The summed E-state index contributed by atoms with van der Waals surface area (Å²) < 4.78 is 0. The average Bonchev–Trinajstić information content (AvgIpc) is 3.38. The molecule has 8 aromatic carbocycles. The predicted octanol–water partition coefficient (Wildman–Crippen LogP) is 17.5. The van der Waals surface area contributed by atoms with Gasteiger partial charge in [0.05, 0.1) is 5.69 Å². The highest BCUT2D eigenvalue weighted by molar-refractivity contribution is 7.00. The smallest absolute Gasteiger partial charge is 0.252 e. The molecule has 11 rings (SSSR count). The van der Waals surface area contributed by atoms with Crippen molar-refractivity contribution >= 4 is 57.2 Å². The monoisotopic (exact) mass is 955 g/mol. The van der Waals surface area contributed by atoms with Crippen molar-refractivity contribution in [3.8, 4) is 22.3 Å². The summed E-state index contributed by atoms with van der Waals surface area (Å²) in [6, 6.07) is 66.0. The third-order valence-corrected chi connectivity index (χ3v) is 17.3. The van der Waals surface area contributed by atoms with Gasteiger partial charge in [0.25, 0.3) is 6.71 Å². The van der Waals surface area contributed by atoms with Crippen molar-refractivity contribution in [3.05, 3.63) is 209 Å². The highest BCUT2D eigenvalue weighted by atomic mass is 15.2. The molecular formula is C70H75BN2. The van der Waals surface area contributed by atoms with E-state index in [4.69, 9.17) is 0 Å². The number of fused-ring (bicyclic) bond motifs is 5. The molecule has 0 atom stereocenters. The molecule has 3 aliphatic rings. The summed E-state index contributed by atoms with van der Waals surface area (Å²) in [7, 11) is 0. The topological polar surface area (TPSA) is 6.48 Å². The number of anilines is 6. The molecule has 368 valence electrons. The maximum absolute atomic E-state index is 2.74. The van der Waals surface area contributed by atoms with Gasteiger partial charge in [-0.3, -0.25) is 0 Å². The van der Waals surface area contributed by atoms with Crippen LogP contribution in [0.3, 0.4) is 0 Å². The Morgan fingerprint density at radius 2 is 0.959 bits per heavy atom. The normalized spacial score (nSPS) is 15.7. The van der Waals surface area contributed by atoms with Gasteiger partial charge in [-0.05, 0) is 161 Å². The molecule has 2 nitrogen and oxygen atoms in total. The van der Waals surface area contributed by atoms with E-state index in [1.807, 2.05) is 0 Å². The van der Waals surface area contributed by atoms with E-state index < -0.39 is 0 Å². The highest BCUT2D eigenvalue weighted by Gasteiger charge is 2.47. The first-order chi connectivity index (χ1) is 34.5. The average molecular weight is 955 g/mol. The summed E-state index contributed by atoms with van der Waals surface area (Å²) in [4.78, 5) is 5.35. The first kappa shape index (κ1) is 48.7. The fraction of sp³-hybridized carbons (Fsp3) is 0.314. The van der Waals surface area contributed by atoms with Crippen LogP contribution >= 0.6 is 0 Å². The van der Waals surface area contributed by atoms with Gasteiger partial charge in [0, 0.05) is 39.4 Å². The van der Waals surface area contributed by atoms with Gasteiger partial charge in [0.1, 0.15) is 0 Å². The van der Waals surface area contributed by atoms with Gasteiger partial charge in [-0.2, -0.15) is 0 Å². The second-order valence-electron chi connectivity index (χ2n) is 25.9. The maximum atomic E-state index is 2.74. The van der Waals surface area contributed by atoms with Crippen LogP contribution in [0.25, 0.3) is 22.3 Å². The van der Waals surface area contributed by atoms with Crippen molar-refractivity contribution in [2.45, 2.75) is 143 Å². The van der Waals surface area contributed by atoms with Crippen LogP contribution in [0.2, 0.25) is 0 Å². The Morgan fingerprint density at radius 1 is 0.438 bits per heavy atom. The van der Waals surface area contributed by atoms with Gasteiger partial charge in [0.15, 0.2) is 0 Å². The summed E-state index contributed by atoms with van der Waals surface area (Å²) in [5.74, 6) is 0.281. The molecule has 0 saturated carbocycles. The van der Waals surface area contributed by atoms with E-state index in [0.29, 0.717) is 0 Å². The van der Waals surface area contributed by atoms with Crippen molar-refractivity contribution in [1.82, 2.24) is 0 Å². The zero-order chi connectivity index (χ0) is 51.6. The van der Waals surface area contributed by atoms with Gasteiger partial charge in [0.2, 0.25) is 0 Å². The third kappa shape index (κ3) is 8.18. The largest absolute Gasteiger partial charge is 0.311 e. The van der Waals surface area contributed by atoms with Crippen molar-refractivity contribution in [2.24, 2.45) is 0 Å². The van der Waals surface area contributed by atoms with Crippen LogP contribution in [0.15, 0.2) is 170 Å². The maximum Gasteiger partial charge on any atom is 0.252 e. The molecule has 1 aliphatic carbocycles. The Bertz CT molecular complexity index is 3400. The summed E-state index contributed by atoms with van der Waals surface area (Å²) in [5.41, 5.74) is 25.8. The Kier molecular flexibility index (Phi) is 11.5. The molecule has 0 bridgehead atoms. The van der Waals surface area contributed by atoms with Crippen molar-refractivity contribution < 1.29 is 0 Å². The molecular weight excluding hydrogens is 880 g/mol. The van der Waals surface area contributed by atoms with E-state index in [1.54, 1.807) is 0 Å². The van der Waals surface area contributed by atoms with E-state index in [0.717, 1.165) is 12.8 Å². The van der Waals surface area contributed by atoms with E-state index in [9.17, 15) is 0 Å². The Hall–Kier alpha value is -6.58. The SMILES string of the molecule is CC(C)c1cc2c3c(c1)N(c1cc(-c4ccccc4)c(C(C)(C)C)cc1-c1ccccc1)c1cc4c(cc1B3c1cc(C(C)(C)c3ccccc3)ccc1N2c1ccc(C(C)(C)C)cc1)C(C)(C)CCC4(C)C. The summed E-state index contributed by atoms with van der Waals surface area (Å²) in [6.45, 7) is 33.5. The number of benzene rings is 8. The minimum absolute atomic E-state index is 0.00229. The highest BCUT2D eigenvalue weighted by Crippen LogP contribution is 2.53. The van der Waals surface area contributed by atoms with Crippen LogP contribution in [-0.4, -0.2) is 6.71 Å². The molecule has 2 aliphatic heterocycles. The summed E-state index contributed by atoms with van der Waals surface area (Å²) in [5, 5.41) is 0. The summed E-state index contributed by atoms with van der Waals surface area (Å²) in [6.07, 6.45) is 2.29. The van der Waals surface area contributed by atoms with Gasteiger partial charge in [-0.15, -0.1) is 0 Å². The molecule has 0 aromatic heterocycles. The van der Waals surface area contributed by atoms with Crippen LogP contribution in [0, 0.1) is 0 Å². The van der Waals surface area contributed by atoms with Gasteiger partial charge < -0.3 is 9.80 Å². The molecule has 0 unspecified atom stereocenters. The summed E-state index contributed by atoms with van der Waals surface area (Å²) >= 11 is 0. The van der Waals surface area contributed by atoms with E-state index in [-0.39, 0.29) is 39.7 Å². The number of hydrogen-bond acceptors (Lipinski definition) is 2. The van der Waals surface area contributed by atoms with Gasteiger partial charge in [-0.1, -0.05) is 218 Å². The lowest BCUT2D eigenvalue weighted by molar-refractivity contribution is 0.332. The Morgan fingerprint density at radius 3 is 1.52 bits per heavy atom. The fourth-order valence-corrected chi connectivity index (χ4v) is 12.6. The molecule has 0 amide bonds. The molecule has 3 heteroatoms. The Balaban J connectivity index is 1.31. The number of nitrogens with zero attached hydrogens (tertiary/aromatic N) is 2. The van der Waals surface area contributed by atoms with Gasteiger partial charge in [-0.25, -0.2) is 0 Å². The van der Waals surface area contributed by atoms with E-state index in [1.165, 1.54) is 112 Å². The van der Waals surface area contributed by atoms with Crippen LogP contribution in [0.4, 0.5) is 34.1 Å². The molecule has 73 heavy (non-hydrogen) atoms. The van der Waals surface area contributed by atoms with E-state index in [2.05, 4.69) is 277 Å².